The second kappa shape index (κ2) is 8.08. The Hall–Kier alpha value is -2.18. The third kappa shape index (κ3) is 4.21. The number of halogens is 2. The highest BCUT2D eigenvalue weighted by atomic mass is 35.5. The summed E-state index contributed by atoms with van der Waals surface area (Å²) < 4.78 is 10.2. The molecule has 2 aromatic rings. The Morgan fingerprint density at radius 1 is 1.25 bits per heavy atom. The largest absolute Gasteiger partial charge is 0.494 e. The zero-order valence-electron chi connectivity index (χ0n) is 13.1. The van der Waals surface area contributed by atoms with Gasteiger partial charge >= 0.3 is 0 Å². The maximum atomic E-state index is 12.4. The molecule has 1 aromatic heterocycles. The van der Waals surface area contributed by atoms with Gasteiger partial charge in [0.05, 0.1) is 30.0 Å². The molecule has 2 rings (SSSR count). The molecule has 6 nitrogen and oxygen atoms in total. The van der Waals surface area contributed by atoms with Crippen LogP contribution in [0.3, 0.4) is 0 Å². The van der Waals surface area contributed by atoms with Crippen molar-refractivity contribution in [1.29, 1.82) is 0 Å². The molecule has 0 aliphatic rings. The first-order chi connectivity index (χ1) is 11.4. The Bertz CT molecular complexity index is 732. The maximum absolute atomic E-state index is 12.4. The van der Waals surface area contributed by atoms with Crippen LogP contribution in [0.25, 0.3) is 0 Å². The zero-order valence-corrected chi connectivity index (χ0v) is 14.6. The Balaban J connectivity index is 2.03. The van der Waals surface area contributed by atoms with Gasteiger partial charge in [0, 0.05) is 0 Å². The first-order valence-electron chi connectivity index (χ1n) is 7.07. The third-order valence-corrected chi connectivity index (χ3v) is 3.86. The average molecular weight is 371 g/mol. The number of hydrogen-bond donors (Lipinski definition) is 2. The van der Waals surface area contributed by atoms with E-state index >= 15 is 0 Å². The molecule has 1 heterocycles. The highest BCUT2D eigenvalue weighted by molar-refractivity contribution is 6.37. The molecular formula is C16H16Cl2N2O4. The molecule has 0 saturated carbocycles. The van der Waals surface area contributed by atoms with E-state index in [1.165, 1.54) is 25.5 Å². The summed E-state index contributed by atoms with van der Waals surface area (Å²) in [6.45, 7) is 1.79. The molecule has 0 aliphatic carbocycles. The minimum atomic E-state index is -0.785. The topological polar surface area (TPSA) is 80.6 Å². The molecule has 2 N–H and O–H groups in total. The Morgan fingerprint density at radius 2 is 1.96 bits per heavy atom. The van der Waals surface area contributed by atoms with E-state index in [4.69, 9.17) is 32.4 Å². The third-order valence-electron chi connectivity index (χ3n) is 3.25. The lowest BCUT2D eigenvalue weighted by Crippen LogP contribution is -2.44. The van der Waals surface area contributed by atoms with Gasteiger partial charge in [-0.3, -0.25) is 9.59 Å². The van der Waals surface area contributed by atoms with Gasteiger partial charge in [0.2, 0.25) is 5.91 Å². The van der Waals surface area contributed by atoms with Gasteiger partial charge in [-0.25, -0.2) is 0 Å². The molecule has 1 atom stereocenters. The van der Waals surface area contributed by atoms with Gasteiger partial charge in [-0.2, -0.15) is 0 Å². The summed E-state index contributed by atoms with van der Waals surface area (Å²) in [5, 5.41) is 5.65. The fourth-order valence-corrected chi connectivity index (χ4v) is 2.49. The van der Waals surface area contributed by atoms with Gasteiger partial charge in [0.15, 0.2) is 5.75 Å². The first-order valence-corrected chi connectivity index (χ1v) is 7.82. The van der Waals surface area contributed by atoms with Crippen LogP contribution in [0.1, 0.15) is 23.0 Å². The van der Waals surface area contributed by atoms with Crippen molar-refractivity contribution >= 4 is 35.0 Å². The standard InChI is InChI=1S/C16H16Cl2N2O4/c1-9(15(21)19-8-10-4-3-7-24-10)20-16(22)13-11(17)5-6-12(18)14(13)23-2/h3-7,9H,8H2,1-2H3,(H,19,21)(H,20,22)/t9-/m0/s1. The van der Waals surface area contributed by atoms with Gasteiger partial charge in [-0.05, 0) is 31.2 Å². The van der Waals surface area contributed by atoms with Gasteiger partial charge in [0.1, 0.15) is 17.4 Å². The van der Waals surface area contributed by atoms with Crippen LogP contribution < -0.4 is 15.4 Å². The molecule has 0 radical (unpaired) electrons. The SMILES string of the molecule is COc1c(Cl)ccc(Cl)c1C(=O)N[C@@H](C)C(=O)NCc1ccco1. The van der Waals surface area contributed by atoms with Gasteiger partial charge < -0.3 is 19.8 Å². The Labute approximate surface area is 149 Å². The minimum Gasteiger partial charge on any atom is -0.494 e. The summed E-state index contributed by atoms with van der Waals surface area (Å²) in [5.74, 6) is -0.150. The number of carbonyl (C=O) groups excluding carboxylic acids is 2. The minimum absolute atomic E-state index is 0.0809. The predicted octanol–water partition coefficient (Wildman–Crippen LogP) is 3.03. The van der Waals surface area contributed by atoms with Crippen molar-refractivity contribution in [2.75, 3.05) is 7.11 Å². The molecule has 128 valence electrons. The van der Waals surface area contributed by atoms with Crippen LogP contribution in [0.4, 0.5) is 0 Å². The molecular weight excluding hydrogens is 355 g/mol. The number of ether oxygens (including phenoxy) is 1. The maximum Gasteiger partial charge on any atom is 0.257 e. The van der Waals surface area contributed by atoms with E-state index in [1.807, 2.05) is 0 Å². The van der Waals surface area contributed by atoms with Crippen molar-refractivity contribution in [3.8, 4) is 5.75 Å². The van der Waals surface area contributed by atoms with E-state index in [9.17, 15) is 9.59 Å². The van der Waals surface area contributed by atoms with Crippen LogP contribution in [0.15, 0.2) is 34.9 Å². The monoisotopic (exact) mass is 370 g/mol. The number of rotatable bonds is 6. The number of carbonyl (C=O) groups is 2. The van der Waals surface area contributed by atoms with E-state index in [0.29, 0.717) is 5.76 Å². The lowest BCUT2D eigenvalue weighted by atomic mass is 10.1. The van der Waals surface area contributed by atoms with E-state index in [-0.39, 0.29) is 33.8 Å². The van der Waals surface area contributed by atoms with Crippen LogP contribution in [0, 0.1) is 0 Å². The first kappa shape index (κ1) is 18.2. The molecule has 24 heavy (non-hydrogen) atoms. The van der Waals surface area contributed by atoms with Gasteiger partial charge in [-0.15, -0.1) is 0 Å². The Morgan fingerprint density at radius 3 is 2.58 bits per heavy atom. The van der Waals surface area contributed by atoms with Crippen molar-refractivity contribution in [3.05, 3.63) is 51.9 Å². The summed E-state index contributed by atoms with van der Waals surface area (Å²) in [4.78, 5) is 24.5. The molecule has 0 unspecified atom stereocenters. The smallest absolute Gasteiger partial charge is 0.257 e. The summed E-state index contributed by atoms with van der Waals surface area (Å²) >= 11 is 12.1. The van der Waals surface area contributed by atoms with Crippen LogP contribution in [-0.4, -0.2) is 25.0 Å². The molecule has 0 spiro atoms. The molecule has 0 saturated heterocycles. The van der Waals surface area contributed by atoms with Crippen LogP contribution in [-0.2, 0) is 11.3 Å². The quantitative estimate of drug-likeness (QED) is 0.818. The summed E-state index contributed by atoms with van der Waals surface area (Å²) in [6, 6.07) is 5.69. The van der Waals surface area contributed by atoms with Crippen molar-refractivity contribution in [3.63, 3.8) is 0 Å². The van der Waals surface area contributed by atoms with E-state index < -0.39 is 11.9 Å². The number of furan rings is 1. The molecule has 2 amide bonds. The van der Waals surface area contributed by atoms with Crippen LogP contribution in [0.5, 0.6) is 5.75 Å². The van der Waals surface area contributed by atoms with Crippen molar-refractivity contribution in [2.24, 2.45) is 0 Å². The molecule has 1 aromatic carbocycles. The fourth-order valence-electron chi connectivity index (χ4n) is 2.02. The zero-order chi connectivity index (χ0) is 17.7. The lowest BCUT2D eigenvalue weighted by molar-refractivity contribution is -0.122. The summed E-state index contributed by atoms with van der Waals surface area (Å²) in [6.07, 6.45) is 1.51. The van der Waals surface area contributed by atoms with Crippen LogP contribution >= 0.6 is 23.2 Å². The summed E-state index contributed by atoms with van der Waals surface area (Å²) in [7, 11) is 1.38. The number of benzene rings is 1. The lowest BCUT2D eigenvalue weighted by Gasteiger charge is -2.16. The van der Waals surface area contributed by atoms with Crippen molar-refractivity contribution in [1.82, 2.24) is 10.6 Å². The van der Waals surface area contributed by atoms with Crippen molar-refractivity contribution in [2.45, 2.75) is 19.5 Å². The average Bonchev–Trinajstić information content (AvgIpc) is 3.07. The highest BCUT2D eigenvalue weighted by Gasteiger charge is 2.23. The predicted molar refractivity (Wildman–Crippen MR) is 90.5 cm³/mol. The van der Waals surface area contributed by atoms with E-state index in [0.717, 1.165) is 0 Å². The number of nitrogens with one attached hydrogen (secondary N) is 2. The van der Waals surface area contributed by atoms with Crippen LogP contribution in [0.2, 0.25) is 10.0 Å². The van der Waals surface area contributed by atoms with E-state index in [1.54, 1.807) is 19.1 Å². The second-order valence-corrected chi connectivity index (χ2v) is 5.74. The number of methoxy groups -OCH3 is 1. The highest BCUT2D eigenvalue weighted by Crippen LogP contribution is 2.33. The normalized spacial score (nSPS) is 11.7. The Kier molecular flexibility index (Phi) is 6.11. The van der Waals surface area contributed by atoms with Gasteiger partial charge in [-0.1, -0.05) is 23.2 Å². The molecule has 0 bridgehead atoms. The molecule has 0 fully saturated rings. The molecule has 0 aliphatic heterocycles. The number of amides is 2. The summed E-state index contributed by atoms with van der Waals surface area (Å²) in [5.41, 5.74) is 0.0809. The van der Waals surface area contributed by atoms with Gasteiger partial charge in [0.25, 0.3) is 5.91 Å². The fraction of sp³-hybridized carbons (Fsp3) is 0.250. The van der Waals surface area contributed by atoms with Crippen molar-refractivity contribution < 1.29 is 18.7 Å². The molecule has 8 heteroatoms. The number of hydrogen-bond acceptors (Lipinski definition) is 4. The van der Waals surface area contributed by atoms with E-state index in [2.05, 4.69) is 10.6 Å². The second-order valence-electron chi connectivity index (χ2n) is 4.93.